The van der Waals surface area contributed by atoms with Gasteiger partial charge in [-0.05, 0) is 12.0 Å². The second kappa shape index (κ2) is 6.48. The lowest BCUT2D eigenvalue weighted by Gasteiger charge is -2.23. The Bertz CT molecular complexity index is 332. The third-order valence-corrected chi connectivity index (χ3v) is 2.47. The number of carbonyl (C=O) groups is 1. The van der Waals surface area contributed by atoms with Crippen LogP contribution in [-0.4, -0.2) is 34.6 Å². The second-order valence-electron chi connectivity index (χ2n) is 3.47. The van der Waals surface area contributed by atoms with E-state index in [9.17, 15) is 4.79 Å². The number of carboxylic acids is 1. The third-order valence-electron chi connectivity index (χ3n) is 2.30. The molecule has 16 heavy (non-hydrogen) atoms. The molecule has 1 rings (SSSR count). The normalized spacial score (nSPS) is 12.7. The number of hydrogen-bond acceptors (Lipinski definition) is 3. The Hall–Kier alpha value is -1.10. The first kappa shape index (κ1) is 13.0. The van der Waals surface area contributed by atoms with Crippen LogP contribution in [0, 0.1) is 0 Å². The van der Waals surface area contributed by atoms with Crippen molar-refractivity contribution in [3.63, 3.8) is 0 Å². The molecule has 0 unspecified atom stereocenters. The summed E-state index contributed by atoms with van der Waals surface area (Å²) in [6.07, 6.45) is 0.379. The van der Waals surface area contributed by atoms with Crippen molar-refractivity contribution in [1.29, 1.82) is 0 Å². The highest BCUT2D eigenvalue weighted by Crippen LogP contribution is 2.07. The van der Waals surface area contributed by atoms with E-state index in [1.54, 1.807) is 0 Å². The lowest BCUT2D eigenvalue weighted by atomic mass is 10.1. The van der Waals surface area contributed by atoms with Crippen molar-refractivity contribution < 1.29 is 9.90 Å². The Labute approximate surface area is 99.6 Å². The van der Waals surface area contributed by atoms with Gasteiger partial charge in [0.05, 0.1) is 0 Å². The zero-order chi connectivity index (χ0) is 12.0. The van der Waals surface area contributed by atoms with Gasteiger partial charge in [0.1, 0.15) is 6.04 Å². The van der Waals surface area contributed by atoms with Crippen molar-refractivity contribution in [3.05, 3.63) is 35.9 Å². The maximum atomic E-state index is 11.1. The molecule has 0 radical (unpaired) electrons. The molecule has 88 valence electrons. The summed E-state index contributed by atoms with van der Waals surface area (Å²) in [4.78, 5) is 11.1. The van der Waals surface area contributed by atoms with Crippen LogP contribution in [0.3, 0.4) is 0 Å². The largest absolute Gasteiger partial charge is 0.480 e. The number of nitrogens with two attached hydrogens (primary N) is 1. The molecule has 0 aliphatic rings. The summed E-state index contributed by atoms with van der Waals surface area (Å²) in [6, 6.07) is 8.65. The first-order valence-corrected chi connectivity index (χ1v) is 5.52. The number of hydrogen-bond donors (Lipinski definition) is 2. The van der Waals surface area contributed by atoms with Gasteiger partial charge in [-0.2, -0.15) is 0 Å². The number of rotatable bonds is 6. The molecule has 0 fully saturated rings. The molecule has 5 heteroatoms. The number of hydrazine groups is 1. The van der Waals surface area contributed by atoms with Gasteiger partial charge in [0.2, 0.25) is 0 Å². The fourth-order valence-electron chi connectivity index (χ4n) is 1.44. The predicted octanol–water partition coefficient (Wildman–Crippen LogP) is 1.10. The lowest BCUT2D eigenvalue weighted by Crippen LogP contribution is -2.48. The zero-order valence-electron chi connectivity index (χ0n) is 8.84. The van der Waals surface area contributed by atoms with Crippen molar-refractivity contribution in [2.24, 2.45) is 5.84 Å². The van der Waals surface area contributed by atoms with Crippen LogP contribution >= 0.6 is 11.6 Å². The van der Waals surface area contributed by atoms with E-state index in [1.165, 1.54) is 5.01 Å². The Balaban J connectivity index is 2.69. The molecule has 0 bridgehead atoms. The van der Waals surface area contributed by atoms with E-state index in [4.69, 9.17) is 22.6 Å². The monoisotopic (exact) mass is 242 g/mol. The Morgan fingerprint density at radius 3 is 2.56 bits per heavy atom. The maximum absolute atomic E-state index is 11.1. The predicted molar refractivity (Wildman–Crippen MR) is 63.2 cm³/mol. The lowest BCUT2D eigenvalue weighted by molar-refractivity contribution is -0.143. The van der Waals surface area contributed by atoms with E-state index in [1.807, 2.05) is 30.3 Å². The number of alkyl halides is 1. The fraction of sp³-hybridized carbons (Fsp3) is 0.364. The molecule has 0 spiro atoms. The molecular formula is C11H15ClN2O2. The van der Waals surface area contributed by atoms with Crippen LogP contribution in [-0.2, 0) is 11.2 Å². The van der Waals surface area contributed by atoms with Crippen LogP contribution < -0.4 is 5.84 Å². The highest BCUT2D eigenvalue weighted by Gasteiger charge is 2.22. The summed E-state index contributed by atoms with van der Waals surface area (Å²) in [5.41, 5.74) is 0.944. The van der Waals surface area contributed by atoms with Crippen LogP contribution in [0.25, 0.3) is 0 Å². The highest BCUT2D eigenvalue weighted by molar-refractivity contribution is 6.18. The Morgan fingerprint density at radius 1 is 1.44 bits per heavy atom. The first-order valence-electron chi connectivity index (χ1n) is 4.99. The molecule has 0 aliphatic heterocycles. The molecule has 3 N–H and O–H groups in total. The van der Waals surface area contributed by atoms with Crippen molar-refractivity contribution >= 4 is 17.6 Å². The van der Waals surface area contributed by atoms with Crippen LogP contribution in [0.2, 0.25) is 0 Å². The average Bonchev–Trinajstić information content (AvgIpc) is 2.27. The molecule has 1 aromatic rings. The number of carboxylic acid groups (broad SMARTS) is 1. The number of aliphatic carboxylic acids is 1. The summed E-state index contributed by atoms with van der Waals surface area (Å²) < 4.78 is 0. The fourth-order valence-corrected chi connectivity index (χ4v) is 1.63. The van der Waals surface area contributed by atoms with Crippen LogP contribution in [0.5, 0.6) is 0 Å². The minimum Gasteiger partial charge on any atom is -0.480 e. The number of nitrogens with zero attached hydrogens (tertiary/aromatic N) is 1. The van der Waals surface area contributed by atoms with E-state index >= 15 is 0 Å². The number of halogens is 1. The van der Waals surface area contributed by atoms with Gasteiger partial charge >= 0.3 is 5.97 Å². The molecule has 0 aliphatic carbocycles. The first-order chi connectivity index (χ1) is 7.65. The van der Waals surface area contributed by atoms with Crippen LogP contribution in [0.15, 0.2) is 30.3 Å². The second-order valence-corrected chi connectivity index (χ2v) is 3.85. The van der Waals surface area contributed by atoms with Gasteiger partial charge in [-0.3, -0.25) is 10.6 Å². The average molecular weight is 243 g/mol. The summed E-state index contributed by atoms with van der Waals surface area (Å²) >= 11 is 5.53. The van der Waals surface area contributed by atoms with Gasteiger partial charge in [-0.15, -0.1) is 11.6 Å². The van der Waals surface area contributed by atoms with Crippen molar-refractivity contribution in [2.45, 2.75) is 12.5 Å². The molecule has 1 atom stereocenters. The van der Waals surface area contributed by atoms with Gasteiger partial charge < -0.3 is 5.11 Å². The standard InChI is InChI=1S/C11H15ClN2O2/c12-6-7-14(13)10(11(15)16)8-9-4-2-1-3-5-9/h1-5,10H,6-8,13H2,(H,15,16)/t10-/m0/s1. The topological polar surface area (TPSA) is 66.6 Å². The Morgan fingerprint density at radius 2 is 2.06 bits per heavy atom. The minimum absolute atomic E-state index is 0.315. The van der Waals surface area contributed by atoms with Crippen molar-refractivity contribution in [3.8, 4) is 0 Å². The van der Waals surface area contributed by atoms with E-state index < -0.39 is 12.0 Å². The molecule has 0 saturated heterocycles. The van der Waals surface area contributed by atoms with Gasteiger partial charge in [0.25, 0.3) is 0 Å². The van der Waals surface area contributed by atoms with E-state index in [2.05, 4.69) is 0 Å². The van der Waals surface area contributed by atoms with E-state index in [-0.39, 0.29) is 0 Å². The van der Waals surface area contributed by atoms with Gasteiger partial charge in [0, 0.05) is 12.4 Å². The van der Waals surface area contributed by atoms with Gasteiger partial charge in [-0.1, -0.05) is 30.3 Å². The Kier molecular flexibility index (Phi) is 5.25. The smallest absolute Gasteiger partial charge is 0.322 e. The summed E-state index contributed by atoms with van der Waals surface area (Å²) in [5.74, 6) is 5.03. The summed E-state index contributed by atoms with van der Waals surface area (Å²) in [6.45, 7) is 0.353. The van der Waals surface area contributed by atoms with Gasteiger partial charge in [-0.25, -0.2) is 5.01 Å². The molecular weight excluding hydrogens is 228 g/mol. The molecule has 0 saturated carbocycles. The van der Waals surface area contributed by atoms with Crippen molar-refractivity contribution in [2.75, 3.05) is 12.4 Å². The summed E-state index contributed by atoms with van der Waals surface area (Å²) in [7, 11) is 0. The number of benzene rings is 1. The molecule has 0 amide bonds. The molecule has 1 aromatic carbocycles. The van der Waals surface area contributed by atoms with E-state index in [0.29, 0.717) is 18.8 Å². The molecule has 4 nitrogen and oxygen atoms in total. The minimum atomic E-state index is -0.934. The van der Waals surface area contributed by atoms with Crippen molar-refractivity contribution in [1.82, 2.24) is 5.01 Å². The van der Waals surface area contributed by atoms with Crippen LogP contribution in [0.1, 0.15) is 5.56 Å². The quantitative estimate of drug-likeness (QED) is 0.445. The summed E-state index contributed by atoms with van der Waals surface area (Å²) in [5, 5.41) is 10.3. The molecule has 0 aromatic heterocycles. The highest BCUT2D eigenvalue weighted by atomic mass is 35.5. The van der Waals surface area contributed by atoms with Gasteiger partial charge in [0.15, 0.2) is 0 Å². The maximum Gasteiger partial charge on any atom is 0.322 e. The van der Waals surface area contributed by atoms with Crippen LogP contribution in [0.4, 0.5) is 0 Å². The molecule has 0 heterocycles. The van der Waals surface area contributed by atoms with E-state index in [0.717, 1.165) is 5.56 Å². The SMILES string of the molecule is NN(CCCl)[C@@H](Cc1ccccc1)C(=O)O. The zero-order valence-corrected chi connectivity index (χ0v) is 9.60. The third kappa shape index (κ3) is 3.81.